The van der Waals surface area contributed by atoms with Crippen molar-refractivity contribution >= 4 is 38.0 Å². The lowest BCUT2D eigenvalue weighted by atomic mass is 10.0. The molecular weight excluding hydrogens is 374 g/mol. The molecule has 2 heterocycles. The summed E-state index contributed by atoms with van der Waals surface area (Å²) in [5.41, 5.74) is 4.93. The van der Waals surface area contributed by atoms with Crippen molar-refractivity contribution in [3.05, 3.63) is 73.4 Å². The topological polar surface area (TPSA) is 96.9 Å². The molecule has 0 saturated carbocycles. The number of rotatable bonds is 5. The van der Waals surface area contributed by atoms with Crippen LogP contribution in [0.15, 0.2) is 73.4 Å². The van der Waals surface area contributed by atoms with Crippen LogP contribution in [-0.2, 0) is 10.0 Å². The summed E-state index contributed by atoms with van der Waals surface area (Å²) in [5.74, 6) is 0. The van der Waals surface area contributed by atoms with Crippen molar-refractivity contribution in [2.45, 2.75) is 0 Å². The first-order valence-corrected chi connectivity index (χ1v) is 10.4. The summed E-state index contributed by atoms with van der Waals surface area (Å²) in [4.78, 5) is 12.6. The van der Waals surface area contributed by atoms with Crippen LogP contribution in [0.1, 0.15) is 0 Å². The van der Waals surface area contributed by atoms with E-state index in [4.69, 9.17) is 0 Å². The van der Waals surface area contributed by atoms with Crippen LogP contribution >= 0.6 is 0 Å². The molecule has 4 rings (SSSR count). The van der Waals surface area contributed by atoms with E-state index in [2.05, 4.69) is 25.0 Å². The second kappa shape index (κ2) is 7.24. The first-order valence-electron chi connectivity index (χ1n) is 8.47. The molecule has 0 atom stereocenters. The molecule has 0 aliphatic rings. The second-order valence-corrected chi connectivity index (χ2v) is 8.05. The van der Waals surface area contributed by atoms with Gasteiger partial charge in [-0.1, -0.05) is 18.2 Å². The van der Waals surface area contributed by atoms with Crippen LogP contribution in [0.25, 0.3) is 22.0 Å². The molecule has 4 aromatic rings. The standard InChI is InChI=1S/C20H17N5O2S/c1-28(26,27)25-16-7-5-14(6-8-16)15-9-18-19(23-10-15)3-2-4-20(18)24-17-11-21-13-22-12-17/h2-13,24-25H,1H3. The van der Waals surface area contributed by atoms with Gasteiger partial charge in [0, 0.05) is 28.5 Å². The normalized spacial score (nSPS) is 11.3. The predicted molar refractivity (Wildman–Crippen MR) is 111 cm³/mol. The van der Waals surface area contributed by atoms with E-state index in [0.29, 0.717) is 5.69 Å². The van der Waals surface area contributed by atoms with E-state index in [-0.39, 0.29) is 0 Å². The molecule has 2 aromatic heterocycles. The number of hydrogen-bond acceptors (Lipinski definition) is 6. The Morgan fingerprint density at radius 3 is 2.32 bits per heavy atom. The lowest BCUT2D eigenvalue weighted by molar-refractivity contribution is 0.607. The maximum absolute atomic E-state index is 11.4. The number of aromatic nitrogens is 3. The zero-order valence-electron chi connectivity index (χ0n) is 15.0. The van der Waals surface area contributed by atoms with Gasteiger partial charge in [0.15, 0.2) is 0 Å². The van der Waals surface area contributed by atoms with E-state index in [0.717, 1.165) is 39.7 Å². The van der Waals surface area contributed by atoms with Gasteiger partial charge in [0.25, 0.3) is 0 Å². The van der Waals surface area contributed by atoms with Crippen LogP contribution in [0.2, 0.25) is 0 Å². The molecule has 7 nitrogen and oxygen atoms in total. The number of hydrogen-bond donors (Lipinski definition) is 2. The van der Waals surface area contributed by atoms with Crippen LogP contribution in [0.4, 0.5) is 17.1 Å². The zero-order chi connectivity index (χ0) is 19.6. The number of nitrogens with zero attached hydrogens (tertiary/aromatic N) is 3. The van der Waals surface area contributed by atoms with E-state index >= 15 is 0 Å². The molecule has 28 heavy (non-hydrogen) atoms. The fraction of sp³-hybridized carbons (Fsp3) is 0.0500. The van der Waals surface area contributed by atoms with Gasteiger partial charge in [-0.2, -0.15) is 0 Å². The fourth-order valence-electron chi connectivity index (χ4n) is 2.88. The quantitative estimate of drug-likeness (QED) is 0.537. The molecule has 2 N–H and O–H groups in total. The Morgan fingerprint density at radius 1 is 0.857 bits per heavy atom. The van der Waals surface area contributed by atoms with Crippen molar-refractivity contribution in [2.24, 2.45) is 0 Å². The van der Waals surface area contributed by atoms with Crippen LogP contribution in [0.5, 0.6) is 0 Å². The summed E-state index contributed by atoms with van der Waals surface area (Å²) in [6, 6.07) is 15.1. The Bertz CT molecular complexity index is 1230. The molecule has 0 aliphatic heterocycles. The Morgan fingerprint density at radius 2 is 1.61 bits per heavy atom. The third-order valence-electron chi connectivity index (χ3n) is 4.09. The van der Waals surface area contributed by atoms with Crippen molar-refractivity contribution in [3.8, 4) is 11.1 Å². The van der Waals surface area contributed by atoms with E-state index in [9.17, 15) is 8.42 Å². The predicted octanol–water partition coefficient (Wildman–Crippen LogP) is 3.81. The van der Waals surface area contributed by atoms with Crippen molar-refractivity contribution in [1.29, 1.82) is 0 Å². The number of sulfonamides is 1. The molecule has 0 unspecified atom stereocenters. The van der Waals surface area contributed by atoms with Crippen LogP contribution in [-0.4, -0.2) is 29.6 Å². The largest absolute Gasteiger partial charge is 0.352 e. The van der Waals surface area contributed by atoms with Gasteiger partial charge in [0.2, 0.25) is 10.0 Å². The highest BCUT2D eigenvalue weighted by atomic mass is 32.2. The van der Waals surface area contributed by atoms with Crippen LogP contribution < -0.4 is 10.0 Å². The van der Waals surface area contributed by atoms with E-state index in [1.807, 2.05) is 36.4 Å². The molecule has 140 valence electrons. The highest BCUT2D eigenvalue weighted by molar-refractivity contribution is 7.92. The lowest BCUT2D eigenvalue weighted by Crippen LogP contribution is -2.09. The van der Waals surface area contributed by atoms with E-state index in [1.54, 1.807) is 30.7 Å². The lowest BCUT2D eigenvalue weighted by Gasteiger charge is -2.11. The van der Waals surface area contributed by atoms with Gasteiger partial charge in [-0.05, 0) is 35.9 Å². The van der Waals surface area contributed by atoms with Crippen molar-refractivity contribution in [1.82, 2.24) is 15.0 Å². The molecule has 0 fully saturated rings. The van der Waals surface area contributed by atoms with E-state index < -0.39 is 10.0 Å². The van der Waals surface area contributed by atoms with Gasteiger partial charge in [-0.15, -0.1) is 0 Å². The Kier molecular flexibility index (Phi) is 4.62. The van der Waals surface area contributed by atoms with Gasteiger partial charge < -0.3 is 5.32 Å². The zero-order valence-corrected chi connectivity index (χ0v) is 15.8. The average Bonchev–Trinajstić information content (AvgIpc) is 2.68. The number of benzene rings is 2. The minimum Gasteiger partial charge on any atom is -0.352 e. The Hall–Kier alpha value is -3.52. The summed E-state index contributed by atoms with van der Waals surface area (Å²) >= 11 is 0. The van der Waals surface area contributed by atoms with Crippen molar-refractivity contribution < 1.29 is 8.42 Å². The average molecular weight is 391 g/mol. The molecule has 8 heteroatoms. The highest BCUT2D eigenvalue weighted by Gasteiger charge is 2.07. The smallest absolute Gasteiger partial charge is 0.229 e. The Labute approximate surface area is 162 Å². The molecule has 0 aliphatic carbocycles. The molecule has 0 amide bonds. The number of anilines is 3. The molecule has 0 bridgehead atoms. The molecular formula is C20H17N5O2S. The minimum atomic E-state index is -3.30. The molecule has 0 radical (unpaired) electrons. The second-order valence-electron chi connectivity index (χ2n) is 6.30. The monoisotopic (exact) mass is 391 g/mol. The van der Waals surface area contributed by atoms with Crippen molar-refractivity contribution in [3.63, 3.8) is 0 Å². The number of nitrogens with one attached hydrogen (secondary N) is 2. The van der Waals surface area contributed by atoms with Gasteiger partial charge in [0.05, 0.1) is 29.9 Å². The first kappa shape index (κ1) is 17.9. The number of pyridine rings is 1. The summed E-state index contributed by atoms with van der Waals surface area (Å²) in [7, 11) is -3.30. The van der Waals surface area contributed by atoms with Gasteiger partial charge in [-0.25, -0.2) is 18.4 Å². The van der Waals surface area contributed by atoms with Crippen LogP contribution in [0, 0.1) is 0 Å². The molecule has 0 saturated heterocycles. The Balaban J connectivity index is 1.70. The molecule has 0 spiro atoms. The third-order valence-corrected chi connectivity index (χ3v) is 4.69. The van der Waals surface area contributed by atoms with Gasteiger partial charge in [0.1, 0.15) is 6.33 Å². The summed E-state index contributed by atoms with van der Waals surface area (Å²) in [6.07, 6.45) is 7.82. The van der Waals surface area contributed by atoms with Gasteiger partial charge >= 0.3 is 0 Å². The SMILES string of the molecule is CS(=O)(=O)Nc1ccc(-c2cnc3cccc(Nc4cncnc4)c3c2)cc1. The summed E-state index contributed by atoms with van der Waals surface area (Å²) < 4.78 is 25.2. The third kappa shape index (κ3) is 4.07. The van der Waals surface area contributed by atoms with Gasteiger partial charge in [-0.3, -0.25) is 9.71 Å². The maximum atomic E-state index is 11.4. The first-order chi connectivity index (χ1) is 13.5. The minimum absolute atomic E-state index is 0.520. The number of fused-ring (bicyclic) bond motifs is 1. The van der Waals surface area contributed by atoms with Crippen LogP contribution in [0.3, 0.4) is 0 Å². The van der Waals surface area contributed by atoms with E-state index in [1.165, 1.54) is 6.33 Å². The summed E-state index contributed by atoms with van der Waals surface area (Å²) in [5, 5.41) is 4.28. The highest BCUT2D eigenvalue weighted by Crippen LogP contribution is 2.29. The molecule has 2 aromatic carbocycles. The fourth-order valence-corrected chi connectivity index (χ4v) is 3.44. The maximum Gasteiger partial charge on any atom is 0.229 e. The summed E-state index contributed by atoms with van der Waals surface area (Å²) in [6.45, 7) is 0. The van der Waals surface area contributed by atoms with Crippen molar-refractivity contribution in [2.75, 3.05) is 16.3 Å².